The maximum Gasteiger partial charge on any atom is 0.224 e. The molecule has 9 heavy (non-hydrogen) atoms. The summed E-state index contributed by atoms with van der Waals surface area (Å²) in [7, 11) is 0. The normalized spacial score (nSPS) is 13.2. The quantitative estimate of drug-likeness (QED) is 0.431. The van der Waals surface area contributed by atoms with Crippen LogP contribution in [0.15, 0.2) is 0 Å². The first kappa shape index (κ1) is 9.69. The van der Waals surface area contributed by atoms with E-state index in [2.05, 4.69) is 22.6 Å². The average molecular weight is 261 g/mol. The smallest absolute Gasteiger partial charge is 0.224 e. The highest BCUT2D eigenvalue weighted by Gasteiger charge is 2.07. The van der Waals surface area contributed by atoms with E-state index in [1.807, 2.05) is 6.92 Å². The van der Waals surface area contributed by atoms with Gasteiger partial charge in [-0.2, -0.15) is 0 Å². The molecule has 0 fully saturated rings. The molecule has 0 aliphatic rings. The van der Waals surface area contributed by atoms with Crippen molar-refractivity contribution in [2.24, 2.45) is 5.92 Å². The predicted octanol–water partition coefficient (Wildman–Crippen LogP) is 2.60. The fraction of sp³-hybridized carbons (Fsp3) is 0.833. The van der Waals surface area contributed by atoms with Crippen molar-refractivity contribution >= 4 is 39.4 Å². The summed E-state index contributed by atoms with van der Waals surface area (Å²) in [6, 6.07) is 0. The summed E-state index contributed by atoms with van der Waals surface area (Å²) in [5.41, 5.74) is 0. The van der Waals surface area contributed by atoms with Crippen LogP contribution in [0.4, 0.5) is 0 Å². The van der Waals surface area contributed by atoms with Crippen molar-refractivity contribution in [1.29, 1.82) is 0 Å². The lowest BCUT2D eigenvalue weighted by atomic mass is 10.1. The fourth-order valence-corrected chi connectivity index (χ4v) is 1.05. The fourth-order valence-electron chi connectivity index (χ4n) is 0.497. The van der Waals surface area contributed by atoms with Crippen molar-refractivity contribution in [3.05, 3.63) is 0 Å². The average Bonchev–Trinajstić information content (AvgIpc) is 1.82. The van der Waals surface area contributed by atoms with Gasteiger partial charge in [0.1, 0.15) is 0 Å². The summed E-state index contributed by atoms with van der Waals surface area (Å²) in [5, 5.41) is -0.208. The van der Waals surface area contributed by atoms with Gasteiger partial charge in [0.05, 0.1) is 0 Å². The third-order valence-corrected chi connectivity index (χ3v) is 2.29. The Kier molecular flexibility index (Phi) is 5.89. The van der Waals surface area contributed by atoms with Crippen molar-refractivity contribution in [1.82, 2.24) is 0 Å². The maximum absolute atomic E-state index is 10.4. The van der Waals surface area contributed by atoms with Gasteiger partial charge in [0.2, 0.25) is 5.24 Å². The van der Waals surface area contributed by atoms with Gasteiger partial charge >= 0.3 is 0 Å². The molecule has 1 unspecified atom stereocenters. The van der Waals surface area contributed by atoms with E-state index in [1.54, 1.807) is 0 Å². The summed E-state index contributed by atoms with van der Waals surface area (Å²) in [5.74, 6) is 0.0430. The van der Waals surface area contributed by atoms with E-state index in [0.29, 0.717) is 0 Å². The van der Waals surface area contributed by atoms with Gasteiger partial charge in [-0.3, -0.25) is 4.79 Å². The molecule has 0 amide bonds. The molecule has 0 N–H and O–H groups in total. The van der Waals surface area contributed by atoms with E-state index in [0.717, 1.165) is 17.3 Å². The molecule has 0 aromatic rings. The van der Waals surface area contributed by atoms with Gasteiger partial charge in [-0.15, -0.1) is 0 Å². The molecule has 54 valence electrons. The molecule has 0 aromatic heterocycles. The second-order valence-electron chi connectivity index (χ2n) is 2.04. The molecule has 3 heteroatoms. The maximum atomic E-state index is 10.4. The van der Waals surface area contributed by atoms with Gasteiger partial charge in [0.15, 0.2) is 0 Å². The number of alkyl halides is 1. The summed E-state index contributed by atoms with van der Waals surface area (Å²) >= 11 is 7.51. The molecule has 0 saturated carbocycles. The molecule has 0 aliphatic carbocycles. The van der Waals surface area contributed by atoms with Gasteiger partial charge in [-0.25, -0.2) is 0 Å². The molecular weight excluding hydrogens is 250 g/mol. The Morgan fingerprint density at radius 1 is 1.78 bits per heavy atom. The van der Waals surface area contributed by atoms with Gasteiger partial charge < -0.3 is 0 Å². The number of hydrogen-bond donors (Lipinski definition) is 0. The summed E-state index contributed by atoms with van der Waals surface area (Å²) in [6.07, 6.45) is 2.01. The molecule has 0 bridgehead atoms. The van der Waals surface area contributed by atoms with Crippen LogP contribution in [-0.2, 0) is 4.79 Å². The first-order valence-corrected chi connectivity index (χ1v) is 4.84. The zero-order chi connectivity index (χ0) is 7.28. The molecule has 0 saturated heterocycles. The first-order valence-electron chi connectivity index (χ1n) is 2.93. The lowest BCUT2D eigenvalue weighted by molar-refractivity contribution is -0.114. The summed E-state index contributed by atoms with van der Waals surface area (Å²) < 4.78 is 1.10. The van der Waals surface area contributed by atoms with Crippen LogP contribution in [0.25, 0.3) is 0 Å². The van der Waals surface area contributed by atoms with E-state index in [9.17, 15) is 4.79 Å². The Bertz CT molecular complexity index is 95.1. The monoisotopic (exact) mass is 260 g/mol. The lowest BCUT2D eigenvalue weighted by Crippen LogP contribution is -2.02. The third-order valence-electron chi connectivity index (χ3n) is 1.16. The standard InChI is InChI=1S/C6H10ClIO/c1-5(6(7)9)3-2-4-8/h5H,2-4H2,1H3. The summed E-state index contributed by atoms with van der Waals surface area (Å²) in [4.78, 5) is 10.4. The highest BCUT2D eigenvalue weighted by molar-refractivity contribution is 14.1. The van der Waals surface area contributed by atoms with Crippen LogP contribution in [0.5, 0.6) is 0 Å². The summed E-state index contributed by atoms with van der Waals surface area (Å²) in [6.45, 7) is 1.86. The van der Waals surface area contributed by atoms with Gasteiger partial charge in [-0.05, 0) is 28.9 Å². The SMILES string of the molecule is CC(CCCI)C(=O)Cl. The first-order chi connectivity index (χ1) is 4.18. The van der Waals surface area contributed by atoms with Crippen molar-refractivity contribution in [2.45, 2.75) is 19.8 Å². The van der Waals surface area contributed by atoms with Crippen LogP contribution < -0.4 is 0 Å². The number of carbonyl (C=O) groups is 1. The highest BCUT2D eigenvalue weighted by atomic mass is 127. The zero-order valence-electron chi connectivity index (χ0n) is 5.36. The molecule has 0 radical (unpaired) electrons. The van der Waals surface area contributed by atoms with E-state index in [1.165, 1.54) is 0 Å². The van der Waals surface area contributed by atoms with Gasteiger partial charge in [-0.1, -0.05) is 29.5 Å². The zero-order valence-corrected chi connectivity index (χ0v) is 8.28. The number of rotatable bonds is 4. The molecule has 0 heterocycles. The Balaban J connectivity index is 3.27. The Labute approximate surface area is 74.3 Å². The van der Waals surface area contributed by atoms with Crippen molar-refractivity contribution in [3.8, 4) is 0 Å². The minimum absolute atomic E-state index is 0.0430. The molecule has 1 nitrogen and oxygen atoms in total. The molecule has 0 spiro atoms. The minimum atomic E-state index is -0.208. The topological polar surface area (TPSA) is 17.1 Å². The largest absolute Gasteiger partial charge is 0.281 e. The second kappa shape index (κ2) is 5.47. The van der Waals surface area contributed by atoms with Crippen molar-refractivity contribution in [3.63, 3.8) is 0 Å². The molecule has 0 aliphatic heterocycles. The van der Waals surface area contributed by atoms with Crippen LogP contribution in [0, 0.1) is 5.92 Å². The van der Waals surface area contributed by atoms with Crippen LogP contribution in [0.1, 0.15) is 19.8 Å². The molecular formula is C6H10ClIO. The molecule has 0 rings (SSSR count). The molecule has 0 aromatic carbocycles. The highest BCUT2D eigenvalue weighted by Crippen LogP contribution is 2.09. The number of hydrogen-bond acceptors (Lipinski definition) is 1. The minimum Gasteiger partial charge on any atom is -0.281 e. The van der Waals surface area contributed by atoms with E-state index in [4.69, 9.17) is 11.6 Å². The number of halogens is 2. The number of carbonyl (C=O) groups excluding carboxylic acids is 1. The van der Waals surface area contributed by atoms with Crippen LogP contribution >= 0.6 is 34.2 Å². The predicted molar refractivity (Wildman–Crippen MR) is 48.1 cm³/mol. The Morgan fingerprint density at radius 3 is 2.67 bits per heavy atom. The van der Waals surface area contributed by atoms with Crippen LogP contribution in [0.3, 0.4) is 0 Å². The van der Waals surface area contributed by atoms with E-state index in [-0.39, 0.29) is 11.2 Å². The van der Waals surface area contributed by atoms with Crippen LogP contribution in [0.2, 0.25) is 0 Å². The lowest BCUT2D eigenvalue weighted by Gasteiger charge is -2.01. The molecule has 1 atom stereocenters. The van der Waals surface area contributed by atoms with Crippen molar-refractivity contribution < 1.29 is 4.79 Å². The Hall–Kier alpha value is 0.690. The van der Waals surface area contributed by atoms with Gasteiger partial charge in [0, 0.05) is 5.92 Å². The second-order valence-corrected chi connectivity index (χ2v) is 3.49. The van der Waals surface area contributed by atoms with Crippen molar-refractivity contribution in [2.75, 3.05) is 4.43 Å². The van der Waals surface area contributed by atoms with E-state index >= 15 is 0 Å². The van der Waals surface area contributed by atoms with E-state index < -0.39 is 0 Å². The van der Waals surface area contributed by atoms with Crippen LogP contribution in [-0.4, -0.2) is 9.67 Å². The van der Waals surface area contributed by atoms with Gasteiger partial charge in [0.25, 0.3) is 0 Å². The Morgan fingerprint density at radius 2 is 2.33 bits per heavy atom. The third kappa shape index (κ3) is 5.15.